The highest BCUT2D eigenvalue weighted by Gasteiger charge is 2.32. The zero-order chi connectivity index (χ0) is 27.9. The number of aliphatic hydroxyl groups is 1. The fraction of sp³-hybridized carbons (Fsp3) is 0.276. The number of rotatable bonds is 8. The average molecular weight is 554 g/mol. The van der Waals surface area contributed by atoms with Gasteiger partial charge in [-0.2, -0.15) is 0 Å². The first-order chi connectivity index (χ1) is 17.7. The van der Waals surface area contributed by atoms with Crippen LogP contribution in [0.2, 0.25) is 0 Å². The topological polar surface area (TPSA) is 111 Å². The van der Waals surface area contributed by atoms with E-state index in [1.54, 1.807) is 33.0 Å². The van der Waals surface area contributed by atoms with Gasteiger partial charge in [-0.25, -0.2) is 16.8 Å². The number of aliphatic hydroxyl groups excluding tert-OH is 1. The first-order valence-corrected chi connectivity index (χ1v) is 15.8. The minimum atomic E-state index is -3.42. The van der Waals surface area contributed by atoms with Crippen molar-refractivity contribution in [2.45, 2.75) is 43.1 Å². The van der Waals surface area contributed by atoms with Crippen molar-refractivity contribution in [2.75, 3.05) is 12.5 Å². The SMILES string of the molecule is CC(O)c1cc(S(C)(=O)=O)ccc1OCc1cccc(-c2cccc3cc(C(C)(C)S(C)(=O)=O)cnc23)c1. The van der Waals surface area contributed by atoms with E-state index in [0.717, 1.165) is 33.8 Å². The largest absolute Gasteiger partial charge is 0.489 e. The van der Waals surface area contributed by atoms with Gasteiger partial charge in [0, 0.05) is 35.2 Å². The van der Waals surface area contributed by atoms with E-state index in [9.17, 15) is 21.9 Å². The van der Waals surface area contributed by atoms with Gasteiger partial charge in [0.25, 0.3) is 0 Å². The summed E-state index contributed by atoms with van der Waals surface area (Å²) in [4.78, 5) is 4.77. The molecule has 0 aliphatic carbocycles. The zero-order valence-electron chi connectivity index (χ0n) is 22.0. The quantitative estimate of drug-likeness (QED) is 0.319. The molecule has 38 heavy (non-hydrogen) atoms. The maximum atomic E-state index is 12.3. The highest BCUT2D eigenvalue weighted by molar-refractivity contribution is 7.91. The van der Waals surface area contributed by atoms with E-state index >= 15 is 0 Å². The summed E-state index contributed by atoms with van der Waals surface area (Å²) in [7, 11) is -6.76. The molecular formula is C29H31NO6S2. The second-order valence-electron chi connectivity index (χ2n) is 10.0. The van der Waals surface area contributed by atoms with Crippen LogP contribution in [0.3, 0.4) is 0 Å². The fourth-order valence-corrected chi connectivity index (χ4v) is 5.34. The number of hydrogen-bond acceptors (Lipinski definition) is 7. The summed E-state index contributed by atoms with van der Waals surface area (Å²) in [6.45, 7) is 5.12. The van der Waals surface area contributed by atoms with Crippen LogP contribution in [0.5, 0.6) is 5.75 Å². The summed E-state index contributed by atoms with van der Waals surface area (Å²) in [5.74, 6) is 0.408. The zero-order valence-corrected chi connectivity index (χ0v) is 23.6. The van der Waals surface area contributed by atoms with Crippen LogP contribution in [0.15, 0.2) is 77.8 Å². The Kier molecular flexibility index (Phi) is 7.40. The van der Waals surface area contributed by atoms with Crippen molar-refractivity contribution in [3.8, 4) is 16.9 Å². The van der Waals surface area contributed by atoms with Crippen LogP contribution in [-0.2, 0) is 31.0 Å². The van der Waals surface area contributed by atoms with E-state index in [4.69, 9.17) is 4.74 Å². The molecule has 0 fully saturated rings. The van der Waals surface area contributed by atoms with Crippen LogP contribution in [0.4, 0.5) is 0 Å². The molecule has 0 amide bonds. The van der Waals surface area contributed by atoms with Crippen LogP contribution < -0.4 is 4.74 Å². The normalized spacial score (nSPS) is 13.4. The number of sulfone groups is 2. The van der Waals surface area contributed by atoms with Gasteiger partial charge in [-0.3, -0.25) is 4.98 Å². The van der Waals surface area contributed by atoms with Crippen LogP contribution >= 0.6 is 0 Å². The molecule has 9 heteroatoms. The Hall–Kier alpha value is -3.27. The van der Waals surface area contributed by atoms with Crippen molar-refractivity contribution >= 4 is 30.6 Å². The van der Waals surface area contributed by atoms with Gasteiger partial charge in [-0.05, 0) is 67.8 Å². The standard InChI is InChI=1S/C29H31NO6S2/c1-19(31)26-16-24(37(4,32)33)12-13-27(26)36-18-20-8-6-9-21(14-20)25-11-7-10-22-15-23(17-30-28(22)25)29(2,3)38(5,34)35/h6-17,19,31H,18H2,1-5H3. The molecule has 4 aromatic rings. The van der Waals surface area contributed by atoms with E-state index in [1.165, 1.54) is 18.4 Å². The molecule has 0 radical (unpaired) electrons. The molecule has 1 atom stereocenters. The van der Waals surface area contributed by atoms with Crippen LogP contribution in [0.1, 0.15) is 43.6 Å². The van der Waals surface area contributed by atoms with Crippen molar-refractivity contribution < 1.29 is 26.7 Å². The average Bonchev–Trinajstić information content (AvgIpc) is 2.85. The number of nitrogens with zero attached hydrogens (tertiary/aromatic N) is 1. The minimum Gasteiger partial charge on any atom is -0.489 e. The molecule has 0 saturated heterocycles. The number of aromatic nitrogens is 1. The lowest BCUT2D eigenvalue weighted by molar-refractivity contribution is 0.189. The number of fused-ring (bicyclic) bond motifs is 1. The van der Waals surface area contributed by atoms with Crippen molar-refractivity contribution in [1.29, 1.82) is 0 Å². The van der Waals surface area contributed by atoms with E-state index in [1.807, 2.05) is 48.5 Å². The predicted molar refractivity (Wildman–Crippen MR) is 150 cm³/mol. The molecule has 200 valence electrons. The molecule has 0 saturated carbocycles. The summed E-state index contributed by atoms with van der Waals surface area (Å²) in [6, 6.07) is 19.9. The van der Waals surface area contributed by atoms with Gasteiger partial charge >= 0.3 is 0 Å². The van der Waals surface area contributed by atoms with Crippen LogP contribution in [-0.4, -0.2) is 39.4 Å². The van der Waals surface area contributed by atoms with Gasteiger partial charge < -0.3 is 9.84 Å². The molecule has 1 N–H and O–H groups in total. The Labute approximate surface area is 224 Å². The minimum absolute atomic E-state index is 0.120. The van der Waals surface area contributed by atoms with Gasteiger partial charge in [-0.15, -0.1) is 0 Å². The lowest BCUT2D eigenvalue weighted by Gasteiger charge is -2.23. The lowest BCUT2D eigenvalue weighted by atomic mass is 9.97. The van der Waals surface area contributed by atoms with Gasteiger partial charge in [0.05, 0.1) is 21.3 Å². The predicted octanol–water partition coefficient (Wildman–Crippen LogP) is 5.22. The monoisotopic (exact) mass is 553 g/mol. The van der Waals surface area contributed by atoms with Gasteiger partial charge in [0.2, 0.25) is 0 Å². The fourth-order valence-electron chi connectivity index (χ4n) is 4.14. The summed E-state index contributed by atoms with van der Waals surface area (Å²) in [5.41, 5.74) is 4.47. The lowest BCUT2D eigenvalue weighted by Crippen LogP contribution is -2.28. The van der Waals surface area contributed by atoms with Crippen molar-refractivity contribution in [3.63, 3.8) is 0 Å². The number of ether oxygens (including phenoxy) is 1. The number of hydrogen-bond donors (Lipinski definition) is 1. The Morgan fingerprint density at radius 3 is 2.32 bits per heavy atom. The van der Waals surface area contributed by atoms with Crippen molar-refractivity contribution in [2.24, 2.45) is 0 Å². The van der Waals surface area contributed by atoms with Crippen LogP contribution in [0.25, 0.3) is 22.0 Å². The number of benzene rings is 3. The molecule has 1 aromatic heterocycles. The molecule has 1 heterocycles. The van der Waals surface area contributed by atoms with E-state index in [-0.39, 0.29) is 11.5 Å². The van der Waals surface area contributed by atoms with E-state index in [0.29, 0.717) is 16.9 Å². The Morgan fingerprint density at radius 1 is 0.947 bits per heavy atom. The van der Waals surface area contributed by atoms with Crippen molar-refractivity contribution in [3.05, 3.63) is 89.6 Å². The maximum Gasteiger partial charge on any atom is 0.175 e. The van der Waals surface area contributed by atoms with Crippen molar-refractivity contribution in [1.82, 2.24) is 4.98 Å². The van der Waals surface area contributed by atoms with Gasteiger partial charge in [0.1, 0.15) is 12.4 Å². The first kappa shape index (κ1) is 27.8. The van der Waals surface area contributed by atoms with Gasteiger partial charge in [-0.1, -0.05) is 36.4 Å². The highest BCUT2D eigenvalue weighted by Crippen LogP contribution is 2.34. The Morgan fingerprint density at radius 2 is 1.66 bits per heavy atom. The number of para-hydroxylation sites is 1. The van der Waals surface area contributed by atoms with E-state index in [2.05, 4.69) is 4.98 Å². The molecule has 0 aliphatic rings. The third kappa shape index (κ3) is 5.60. The smallest absolute Gasteiger partial charge is 0.175 e. The summed E-state index contributed by atoms with van der Waals surface area (Å²) >= 11 is 0. The first-order valence-electron chi connectivity index (χ1n) is 12.0. The molecule has 0 aliphatic heterocycles. The maximum absolute atomic E-state index is 12.3. The molecule has 7 nitrogen and oxygen atoms in total. The Bertz CT molecular complexity index is 1730. The number of pyridine rings is 1. The summed E-state index contributed by atoms with van der Waals surface area (Å²) in [6.07, 6.45) is 3.07. The third-order valence-electron chi connectivity index (χ3n) is 6.82. The van der Waals surface area contributed by atoms with Crippen LogP contribution in [0, 0.1) is 0 Å². The Balaban J connectivity index is 1.65. The summed E-state index contributed by atoms with van der Waals surface area (Å²) in [5, 5.41) is 11.0. The molecule has 0 bridgehead atoms. The molecule has 3 aromatic carbocycles. The third-order valence-corrected chi connectivity index (χ3v) is 10.0. The second-order valence-corrected chi connectivity index (χ2v) is 14.6. The van der Waals surface area contributed by atoms with E-state index < -0.39 is 30.5 Å². The van der Waals surface area contributed by atoms with Gasteiger partial charge in [0.15, 0.2) is 19.7 Å². The molecule has 4 rings (SSSR count). The molecular weight excluding hydrogens is 522 g/mol. The summed E-state index contributed by atoms with van der Waals surface area (Å²) < 4.78 is 53.4. The molecule has 1 unspecified atom stereocenters. The second kappa shape index (κ2) is 10.1. The highest BCUT2D eigenvalue weighted by atomic mass is 32.2. The molecule has 0 spiro atoms.